The van der Waals surface area contributed by atoms with Gasteiger partial charge in [0, 0.05) is 5.41 Å². The van der Waals surface area contributed by atoms with E-state index in [4.69, 9.17) is 4.74 Å². The Morgan fingerprint density at radius 1 is 1.44 bits per heavy atom. The van der Waals surface area contributed by atoms with Gasteiger partial charge in [0.15, 0.2) is 0 Å². The Kier molecular flexibility index (Phi) is 4.12. The average molecular weight is 272 g/mol. The lowest BCUT2D eigenvalue weighted by molar-refractivity contribution is 0.0387. The highest BCUT2D eigenvalue weighted by Gasteiger charge is 2.37. The number of halogens is 1. The minimum Gasteiger partial charge on any atom is -0.508 e. The molecule has 1 atom stereocenters. The molecule has 0 radical (unpaired) electrons. The van der Waals surface area contributed by atoms with Gasteiger partial charge in [0.05, 0.1) is 6.04 Å². The van der Waals surface area contributed by atoms with Crippen LogP contribution in [0.3, 0.4) is 0 Å². The van der Waals surface area contributed by atoms with E-state index in [2.05, 4.69) is 5.32 Å². The molecule has 1 heterocycles. The molecule has 1 aromatic carbocycles. The molecule has 0 aliphatic carbocycles. The van der Waals surface area contributed by atoms with Gasteiger partial charge in [-0.2, -0.15) is 0 Å². The van der Waals surface area contributed by atoms with Crippen molar-refractivity contribution in [3.8, 4) is 5.75 Å². The van der Waals surface area contributed by atoms with Crippen LogP contribution >= 0.6 is 12.4 Å². The minimum absolute atomic E-state index is 0. The van der Waals surface area contributed by atoms with Crippen LogP contribution in [0.2, 0.25) is 0 Å². The molecule has 0 saturated carbocycles. The van der Waals surface area contributed by atoms with Gasteiger partial charge in [0.1, 0.15) is 12.4 Å². The zero-order valence-electron chi connectivity index (χ0n) is 10.7. The number of ether oxygens (including phenoxy) is 1. The third-order valence-electron chi connectivity index (χ3n) is 3.17. The van der Waals surface area contributed by atoms with E-state index < -0.39 is 0 Å². The zero-order chi connectivity index (χ0) is 12.6. The molecule has 0 bridgehead atoms. The zero-order valence-corrected chi connectivity index (χ0v) is 11.5. The highest BCUT2D eigenvalue weighted by Crippen LogP contribution is 2.37. The normalized spacial score (nSPS) is 21.5. The second-order valence-corrected chi connectivity index (χ2v) is 5.19. The number of carbonyl (C=O) groups is 1. The van der Waals surface area contributed by atoms with E-state index in [9.17, 15) is 9.90 Å². The standard InChI is InChI=1S/C13H17NO3.ClH/c1-8-6-9(4-5-10(8)15)11-13(2,3)7-17-12(16)14-11;/h4-6,11,15H,7H2,1-3H3,(H,14,16);1H/t11-;/m0./s1. The number of hydrogen-bond acceptors (Lipinski definition) is 3. The molecular weight excluding hydrogens is 254 g/mol. The van der Waals surface area contributed by atoms with Crippen LogP contribution in [0.1, 0.15) is 31.0 Å². The summed E-state index contributed by atoms with van der Waals surface area (Å²) in [7, 11) is 0. The molecule has 5 heteroatoms. The van der Waals surface area contributed by atoms with Gasteiger partial charge in [-0.1, -0.05) is 26.0 Å². The Balaban J connectivity index is 0.00000162. The molecule has 100 valence electrons. The van der Waals surface area contributed by atoms with E-state index >= 15 is 0 Å². The lowest BCUT2D eigenvalue weighted by Crippen LogP contribution is -2.46. The van der Waals surface area contributed by atoms with Crippen molar-refractivity contribution in [2.75, 3.05) is 6.61 Å². The summed E-state index contributed by atoms with van der Waals surface area (Å²) in [5.41, 5.74) is 1.62. The summed E-state index contributed by atoms with van der Waals surface area (Å²) in [5.74, 6) is 0.268. The van der Waals surface area contributed by atoms with Crippen molar-refractivity contribution >= 4 is 18.5 Å². The van der Waals surface area contributed by atoms with Gasteiger partial charge < -0.3 is 15.2 Å². The van der Waals surface area contributed by atoms with Crippen LogP contribution in [0.15, 0.2) is 18.2 Å². The number of benzene rings is 1. The van der Waals surface area contributed by atoms with Crippen molar-refractivity contribution in [3.05, 3.63) is 29.3 Å². The number of phenols is 1. The van der Waals surface area contributed by atoms with Crippen molar-refractivity contribution in [2.45, 2.75) is 26.8 Å². The molecule has 2 rings (SSSR count). The van der Waals surface area contributed by atoms with Gasteiger partial charge in [0.2, 0.25) is 0 Å². The highest BCUT2D eigenvalue weighted by molar-refractivity contribution is 5.85. The summed E-state index contributed by atoms with van der Waals surface area (Å²) in [4.78, 5) is 11.3. The monoisotopic (exact) mass is 271 g/mol. The summed E-state index contributed by atoms with van der Waals surface area (Å²) >= 11 is 0. The lowest BCUT2D eigenvalue weighted by Gasteiger charge is -2.38. The number of aryl methyl sites for hydroxylation is 1. The van der Waals surface area contributed by atoms with Gasteiger partial charge in [-0.15, -0.1) is 12.4 Å². The fourth-order valence-electron chi connectivity index (χ4n) is 2.08. The quantitative estimate of drug-likeness (QED) is 0.826. The average Bonchev–Trinajstić information content (AvgIpc) is 2.26. The van der Waals surface area contributed by atoms with E-state index in [0.29, 0.717) is 6.61 Å². The Morgan fingerprint density at radius 3 is 2.72 bits per heavy atom. The van der Waals surface area contributed by atoms with Crippen LogP contribution < -0.4 is 5.32 Å². The Bertz CT molecular complexity index is 460. The summed E-state index contributed by atoms with van der Waals surface area (Å²) < 4.78 is 5.00. The molecule has 4 nitrogen and oxygen atoms in total. The number of rotatable bonds is 1. The van der Waals surface area contributed by atoms with Crippen molar-refractivity contribution in [1.82, 2.24) is 5.32 Å². The molecule has 1 saturated heterocycles. The van der Waals surface area contributed by atoms with Crippen LogP contribution in [0, 0.1) is 12.3 Å². The van der Waals surface area contributed by atoms with Gasteiger partial charge >= 0.3 is 6.09 Å². The maximum Gasteiger partial charge on any atom is 0.407 e. The lowest BCUT2D eigenvalue weighted by atomic mass is 9.80. The second-order valence-electron chi connectivity index (χ2n) is 5.19. The number of phenolic OH excluding ortho intramolecular Hbond substituents is 1. The van der Waals surface area contributed by atoms with E-state index in [1.54, 1.807) is 6.07 Å². The highest BCUT2D eigenvalue weighted by atomic mass is 35.5. The number of amides is 1. The predicted molar refractivity (Wildman–Crippen MR) is 71.1 cm³/mol. The molecule has 1 aliphatic rings. The molecule has 18 heavy (non-hydrogen) atoms. The molecule has 0 aromatic heterocycles. The van der Waals surface area contributed by atoms with Gasteiger partial charge in [0.25, 0.3) is 0 Å². The molecular formula is C13H18ClNO3. The summed E-state index contributed by atoms with van der Waals surface area (Å²) in [6.07, 6.45) is -0.389. The minimum atomic E-state index is -0.389. The number of alkyl carbamates (subject to hydrolysis) is 1. The third kappa shape index (κ3) is 2.70. The fraction of sp³-hybridized carbons (Fsp3) is 0.462. The van der Waals surface area contributed by atoms with Gasteiger partial charge in [-0.25, -0.2) is 4.79 Å². The molecule has 1 fully saturated rings. The van der Waals surface area contributed by atoms with Crippen molar-refractivity contribution in [2.24, 2.45) is 5.41 Å². The summed E-state index contributed by atoms with van der Waals surface area (Å²) in [6.45, 7) is 6.31. The molecule has 1 aliphatic heterocycles. The molecule has 0 spiro atoms. The van der Waals surface area contributed by atoms with Crippen molar-refractivity contribution in [1.29, 1.82) is 0 Å². The summed E-state index contributed by atoms with van der Waals surface area (Å²) in [5, 5.41) is 12.3. The second kappa shape index (κ2) is 5.06. The number of cyclic esters (lactones) is 1. The van der Waals surface area contributed by atoms with Crippen molar-refractivity contribution in [3.63, 3.8) is 0 Å². The molecule has 0 unspecified atom stereocenters. The van der Waals surface area contributed by atoms with Crippen LogP contribution in [0.4, 0.5) is 4.79 Å². The Morgan fingerprint density at radius 2 is 2.11 bits per heavy atom. The Labute approximate surface area is 113 Å². The maximum absolute atomic E-state index is 11.3. The number of hydrogen-bond donors (Lipinski definition) is 2. The SMILES string of the molecule is Cc1cc([C@@H]2NC(=O)OCC2(C)C)ccc1O.Cl. The first-order valence-electron chi connectivity index (χ1n) is 5.63. The number of aromatic hydroxyl groups is 1. The first kappa shape index (κ1) is 14.6. The largest absolute Gasteiger partial charge is 0.508 e. The van der Waals surface area contributed by atoms with Crippen LogP contribution in [0.25, 0.3) is 0 Å². The molecule has 2 N–H and O–H groups in total. The number of nitrogens with one attached hydrogen (secondary N) is 1. The van der Waals surface area contributed by atoms with Gasteiger partial charge in [-0.05, 0) is 24.1 Å². The predicted octanol–water partition coefficient (Wildman–Crippen LogP) is 2.93. The van der Waals surface area contributed by atoms with E-state index in [1.165, 1.54) is 0 Å². The van der Waals surface area contributed by atoms with E-state index in [-0.39, 0.29) is 35.7 Å². The van der Waals surface area contributed by atoms with Crippen LogP contribution in [-0.4, -0.2) is 17.8 Å². The molecule has 1 amide bonds. The maximum atomic E-state index is 11.3. The van der Waals surface area contributed by atoms with Crippen molar-refractivity contribution < 1.29 is 14.6 Å². The topological polar surface area (TPSA) is 58.6 Å². The first-order valence-corrected chi connectivity index (χ1v) is 5.63. The van der Waals surface area contributed by atoms with Crippen LogP contribution in [-0.2, 0) is 4.74 Å². The van der Waals surface area contributed by atoms with E-state index in [1.807, 2.05) is 32.9 Å². The fourth-order valence-corrected chi connectivity index (χ4v) is 2.08. The molecule has 1 aromatic rings. The third-order valence-corrected chi connectivity index (χ3v) is 3.17. The van der Waals surface area contributed by atoms with Gasteiger partial charge in [-0.3, -0.25) is 0 Å². The Hall–Kier alpha value is -1.42. The van der Waals surface area contributed by atoms with Crippen LogP contribution in [0.5, 0.6) is 5.75 Å². The smallest absolute Gasteiger partial charge is 0.407 e. The number of carbonyl (C=O) groups excluding carboxylic acids is 1. The summed E-state index contributed by atoms with van der Waals surface area (Å²) in [6, 6.07) is 5.29. The van der Waals surface area contributed by atoms with E-state index in [0.717, 1.165) is 11.1 Å². The first-order chi connectivity index (χ1) is 7.90.